The summed E-state index contributed by atoms with van der Waals surface area (Å²) in [7, 11) is 0. The first kappa shape index (κ1) is 11.3. The minimum Gasteiger partial charge on any atom is -0.480 e. The number of rotatable bonds is 2. The Kier molecular flexibility index (Phi) is 2.59. The molecule has 1 aromatic heterocycles. The molecule has 2 aromatic rings. The van der Waals surface area contributed by atoms with E-state index in [4.69, 9.17) is 0 Å². The fourth-order valence-electron chi connectivity index (χ4n) is 2.81. The van der Waals surface area contributed by atoms with Gasteiger partial charge in [0.05, 0.1) is 0 Å². The highest BCUT2D eigenvalue weighted by Gasteiger charge is 2.31. The Bertz CT molecular complexity index is 603. The van der Waals surface area contributed by atoms with E-state index in [1.165, 1.54) is 0 Å². The number of aromatic amines is 1. The monoisotopic (exact) mass is 244 g/mol. The van der Waals surface area contributed by atoms with Crippen molar-refractivity contribution in [2.45, 2.75) is 31.8 Å². The van der Waals surface area contributed by atoms with E-state index in [9.17, 15) is 9.90 Å². The molecule has 0 spiro atoms. The molecule has 18 heavy (non-hydrogen) atoms. The van der Waals surface area contributed by atoms with Gasteiger partial charge in [-0.15, -0.1) is 0 Å². The summed E-state index contributed by atoms with van der Waals surface area (Å²) in [5.41, 5.74) is 3.40. The lowest BCUT2D eigenvalue weighted by atomic mass is 9.93. The largest absolute Gasteiger partial charge is 0.480 e. The Morgan fingerprint density at radius 1 is 1.44 bits per heavy atom. The number of para-hydroxylation sites is 1. The van der Waals surface area contributed by atoms with Crippen molar-refractivity contribution in [3.63, 3.8) is 0 Å². The van der Waals surface area contributed by atoms with Gasteiger partial charge in [0.25, 0.3) is 0 Å². The van der Waals surface area contributed by atoms with Crippen molar-refractivity contribution in [1.82, 2.24) is 10.3 Å². The number of fused-ring (bicyclic) bond motifs is 3. The molecule has 1 aliphatic heterocycles. The van der Waals surface area contributed by atoms with Crippen LogP contribution in [-0.2, 0) is 11.2 Å². The highest BCUT2D eigenvalue weighted by atomic mass is 16.4. The lowest BCUT2D eigenvalue weighted by Crippen LogP contribution is -2.44. The third-order valence-corrected chi connectivity index (χ3v) is 3.71. The lowest BCUT2D eigenvalue weighted by molar-refractivity contribution is -0.139. The van der Waals surface area contributed by atoms with Gasteiger partial charge in [0.15, 0.2) is 0 Å². The molecule has 1 aliphatic rings. The van der Waals surface area contributed by atoms with Gasteiger partial charge >= 0.3 is 5.97 Å². The summed E-state index contributed by atoms with van der Waals surface area (Å²) in [4.78, 5) is 14.6. The molecule has 1 unspecified atom stereocenters. The number of aromatic nitrogens is 1. The van der Waals surface area contributed by atoms with Crippen LogP contribution in [0.25, 0.3) is 10.9 Å². The quantitative estimate of drug-likeness (QED) is 0.759. The molecule has 0 amide bonds. The molecule has 2 heterocycles. The van der Waals surface area contributed by atoms with Crippen molar-refractivity contribution < 1.29 is 9.90 Å². The first-order valence-electron chi connectivity index (χ1n) is 6.29. The molecule has 0 saturated heterocycles. The zero-order chi connectivity index (χ0) is 12.7. The van der Waals surface area contributed by atoms with Crippen molar-refractivity contribution in [1.29, 1.82) is 0 Å². The van der Waals surface area contributed by atoms with Crippen LogP contribution < -0.4 is 5.32 Å². The van der Waals surface area contributed by atoms with Crippen LogP contribution in [0.4, 0.5) is 0 Å². The van der Waals surface area contributed by atoms with Crippen molar-refractivity contribution in [2.24, 2.45) is 0 Å². The van der Waals surface area contributed by atoms with E-state index in [2.05, 4.69) is 23.3 Å². The summed E-state index contributed by atoms with van der Waals surface area (Å²) in [6, 6.07) is 7.70. The standard InChI is InChI=1S/C14H16N2O2/c1-2-10-13-9(7-12(15-10)14(17)18)8-5-3-4-6-11(8)16-13/h3-6,10,12,15-16H,2,7H2,1H3,(H,17,18)/t10-,12?/m0/s1. The van der Waals surface area contributed by atoms with Crippen molar-refractivity contribution in [3.8, 4) is 0 Å². The minimum atomic E-state index is -0.774. The number of carbonyl (C=O) groups is 1. The maximum absolute atomic E-state index is 11.2. The van der Waals surface area contributed by atoms with Crippen LogP contribution in [0, 0.1) is 0 Å². The van der Waals surface area contributed by atoms with Gasteiger partial charge in [0, 0.05) is 29.1 Å². The van der Waals surface area contributed by atoms with Crippen molar-refractivity contribution in [2.75, 3.05) is 0 Å². The molecule has 0 bridgehead atoms. The fraction of sp³-hybridized carbons (Fsp3) is 0.357. The molecule has 2 atom stereocenters. The summed E-state index contributed by atoms with van der Waals surface area (Å²) in [6.07, 6.45) is 1.43. The SMILES string of the molecule is CC[C@@H]1NC(C(=O)O)Cc2c1[nH]c1ccccc21. The van der Waals surface area contributed by atoms with E-state index >= 15 is 0 Å². The number of nitrogens with one attached hydrogen (secondary N) is 2. The van der Waals surface area contributed by atoms with E-state index in [0.717, 1.165) is 28.6 Å². The molecule has 3 N–H and O–H groups in total. The highest BCUT2D eigenvalue weighted by molar-refractivity contribution is 5.86. The molecule has 4 heteroatoms. The molecule has 94 valence electrons. The van der Waals surface area contributed by atoms with Crippen LogP contribution in [0.2, 0.25) is 0 Å². The maximum atomic E-state index is 11.2. The van der Waals surface area contributed by atoms with E-state index in [1.807, 2.05) is 18.2 Å². The number of benzene rings is 1. The molecule has 3 rings (SSSR count). The van der Waals surface area contributed by atoms with Gasteiger partial charge in [-0.25, -0.2) is 0 Å². The summed E-state index contributed by atoms with van der Waals surface area (Å²) in [6.45, 7) is 2.07. The Morgan fingerprint density at radius 2 is 2.22 bits per heavy atom. The average molecular weight is 244 g/mol. The minimum absolute atomic E-state index is 0.0993. The van der Waals surface area contributed by atoms with Gasteiger partial charge in [-0.2, -0.15) is 0 Å². The Labute approximate surface area is 105 Å². The van der Waals surface area contributed by atoms with Crippen LogP contribution in [0.15, 0.2) is 24.3 Å². The molecule has 0 aliphatic carbocycles. The van der Waals surface area contributed by atoms with Gasteiger partial charge in [-0.1, -0.05) is 25.1 Å². The average Bonchev–Trinajstić information content (AvgIpc) is 2.76. The Morgan fingerprint density at radius 3 is 2.94 bits per heavy atom. The van der Waals surface area contributed by atoms with Crippen LogP contribution in [0.1, 0.15) is 30.6 Å². The molecular weight excluding hydrogens is 228 g/mol. The van der Waals surface area contributed by atoms with Crippen molar-refractivity contribution in [3.05, 3.63) is 35.5 Å². The smallest absolute Gasteiger partial charge is 0.321 e. The van der Waals surface area contributed by atoms with Crippen LogP contribution in [-0.4, -0.2) is 22.1 Å². The predicted molar refractivity (Wildman–Crippen MR) is 69.6 cm³/mol. The van der Waals surface area contributed by atoms with Crippen molar-refractivity contribution >= 4 is 16.9 Å². The van der Waals surface area contributed by atoms with E-state index in [-0.39, 0.29) is 6.04 Å². The van der Waals surface area contributed by atoms with Crippen LogP contribution in [0.3, 0.4) is 0 Å². The predicted octanol–water partition coefficient (Wildman–Crippen LogP) is 2.22. The third-order valence-electron chi connectivity index (χ3n) is 3.71. The zero-order valence-electron chi connectivity index (χ0n) is 10.2. The second-order valence-electron chi connectivity index (χ2n) is 4.79. The maximum Gasteiger partial charge on any atom is 0.321 e. The Balaban J connectivity index is 2.15. The second-order valence-corrected chi connectivity index (χ2v) is 4.79. The molecular formula is C14H16N2O2. The molecule has 4 nitrogen and oxygen atoms in total. The number of H-pyrrole nitrogens is 1. The zero-order valence-corrected chi connectivity index (χ0v) is 10.2. The van der Waals surface area contributed by atoms with E-state index in [0.29, 0.717) is 6.42 Å². The summed E-state index contributed by atoms with van der Waals surface area (Å²) in [5.74, 6) is -0.774. The third kappa shape index (κ3) is 1.61. The molecule has 0 fully saturated rings. The molecule has 0 saturated carbocycles. The summed E-state index contributed by atoms with van der Waals surface area (Å²) >= 11 is 0. The van der Waals surface area contributed by atoms with Gasteiger partial charge in [-0.05, 0) is 18.1 Å². The van der Waals surface area contributed by atoms with Gasteiger partial charge in [0.2, 0.25) is 0 Å². The number of carboxylic acids is 1. The normalized spacial score (nSPS) is 22.9. The number of hydrogen-bond acceptors (Lipinski definition) is 2. The first-order chi connectivity index (χ1) is 8.70. The van der Waals surface area contributed by atoms with Gasteiger partial charge in [0.1, 0.15) is 6.04 Å². The summed E-state index contributed by atoms with van der Waals surface area (Å²) < 4.78 is 0. The van der Waals surface area contributed by atoms with Gasteiger partial charge in [-0.3, -0.25) is 10.1 Å². The number of carboxylic acid groups (broad SMARTS) is 1. The highest BCUT2D eigenvalue weighted by Crippen LogP contribution is 2.32. The van der Waals surface area contributed by atoms with E-state index < -0.39 is 12.0 Å². The first-order valence-corrected chi connectivity index (χ1v) is 6.29. The van der Waals surface area contributed by atoms with E-state index in [1.54, 1.807) is 0 Å². The lowest BCUT2D eigenvalue weighted by Gasteiger charge is -2.28. The van der Waals surface area contributed by atoms with Crippen LogP contribution in [0.5, 0.6) is 0 Å². The second kappa shape index (κ2) is 4.14. The number of hydrogen-bond donors (Lipinski definition) is 3. The fourth-order valence-corrected chi connectivity index (χ4v) is 2.81. The van der Waals surface area contributed by atoms with Crippen LogP contribution >= 0.6 is 0 Å². The number of aliphatic carboxylic acids is 1. The Hall–Kier alpha value is -1.81. The summed E-state index contributed by atoms with van der Waals surface area (Å²) in [5, 5.41) is 13.6. The van der Waals surface area contributed by atoms with Gasteiger partial charge < -0.3 is 10.1 Å². The molecule has 1 aromatic carbocycles. The molecule has 0 radical (unpaired) electrons. The topological polar surface area (TPSA) is 65.1 Å².